The molecule has 0 N–H and O–H groups in total. The first-order valence-corrected chi connectivity index (χ1v) is 10.5. The summed E-state index contributed by atoms with van der Waals surface area (Å²) in [6.45, 7) is 3.58. The third kappa shape index (κ3) is 4.39. The van der Waals surface area contributed by atoms with Crippen LogP contribution in [0, 0.1) is 12.8 Å². The van der Waals surface area contributed by atoms with E-state index in [0.29, 0.717) is 24.1 Å². The fourth-order valence-electron chi connectivity index (χ4n) is 3.59. The molecule has 144 valence electrons. The van der Waals surface area contributed by atoms with Crippen molar-refractivity contribution in [2.75, 3.05) is 13.1 Å². The van der Waals surface area contributed by atoms with E-state index in [4.69, 9.17) is 4.52 Å². The summed E-state index contributed by atoms with van der Waals surface area (Å²) in [6, 6.07) is 12.0. The third-order valence-electron chi connectivity index (χ3n) is 5.08. The molecule has 0 aliphatic carbocycles. The smallest absolute Gasteiger partial charge is 0.246 e. The number of likely N-dealkylation sites (tertiary alicyclic amines) is 1. The van der Waals surface area contributed by atoms with E-state index in [1.165, 1.54) is 0 Å². The number of piperidine rings is 1. The normalized spacial score (nSPS) is 17.3. The van der Waals surface area contributed by atoms with Crippen LogP contribution in [-0.4, -0.2) is 34.0 Å². The van der Waals surface area contributed by atoms with Gasteiger partial charge in [-0.25, -0.2) is 0 Å². The molecule has 28 heavy (non-hydrogen) atoms. The van der Waals surface area contributed by atoms with Crippen LogP contribution in [0.3, 0.4) is 0 Å². The molecule has 3 heterocycles. The fourth-order valence-corrected chi connectivity index (χ4v) is 4.21. The standard InChI is InChI=1S/C22H23N3O2S/c1-16-6-2-3-9-19(16)22-23-20(27-24-22)14-17-7-4-12-25(15-17)21(26)11-10-18-8-5-13-28-18/h2-3,5-6,8-11,13,17H,4,7,12,14-15H2,1H3/b11-10-/t17-/m0/s1. The number of nitrogens with zero attached hydrogens (tertiary/aromatic N) is 3. The first-order chi connectivity index (χ1) is 13.7. The van der Waals surface area contributed by atoms with Crippen LogP contribution in [-0.2, 0) is 11.2 Å². The second-order valence-electron chi connectivity index (χ2n) is 7.17. The highest BCUT2D eigenvalue weighted by atomic mass is 32.1. The van der Waals surface area contributed by atoms with Crippen molar-refractivity contribution in [1.82, 2.24) is 15.0 Å². The van der Waals surface area contributed by atoms with Gasteiger partial charge in [-0.3, -0.25) is 4.79 Å². The van der Waals surface area contributed by atoms with E-state index in [0.717, 1.165) is 41.9 Å². The van der Waals surface area contributed by atoms with Crippen molar-refractivity contribution in [3.8, 4) is 11.4 Å². The van der Waals surface area contributed by atoms with Crippen LogP contribution >= 0.6 is 11.3 Å². The minimum absolute atomic E-state index is 0.0734. The minimum Gasteiger partial charge on any atom is -0.339 e. The van der Waals surface area contributed by atoms with E-state index < -0.39 is 0 Å². The molecule has 0 radical (unpaired) electrons. The van der Waals surface area contributed by atoms with E-state index in [2.05, 4.69) is 10.1 Å². The monoisotopic (exact) mass is 393 g/mol. The Labute approximate surface area is 168 Å². The molecule has 5 nitrogen and oxygen atoms in total. The van der Waals surface area contributed by atoms with Crippen molar-refractivity contribution in [1.29, 1.82) is 0 Å². The third-order valence-corrected chi connectivity index (χ3v) is 5.92. The number of hydrogen-bond acceptors (Lipinski definition) is 5. The molecule has 3 aromatic rings. The van der Waals surface area contributed by atoms with Gasteiger partial charge >= 0.3 is 0 Å². The van der Waals surface area contributed by atoms with Gasteiger partial charge in [-0.05, 0) is 48.8 Å². The van der Waals surface area contributed by atoms with Gasteiger partial charge in [0.15, 0.2) is 0 Å². The van der Waals surface area contributed by atoms with Gasteiger partial charge in [0.1, 0.15) is 0 Å². The highest BCUT2D eigenvalue weighted by molar-refractivity contribution is 7.10. The summed E-state index contributed by atoms with van der Waals surface area (Å²) in [4.78, 5) is 20.1. The number of rotatable bonds is 5. The zero-order valence-corrected chi connectivity index (χ0v) is 16.7. The van der Waals surface area contributed by atoms with Crippen LogP contribution in [0.1, 0.15) is 29.2 Å². The molecule has 1 aromatic carbocycles. The maximum atomic E-state index is 12.5. The molecule has 0 spiro atoms. The lowest BCUT2D eigenvalue weighted by molar-refractivity contribution is -0.127. The molecule has 4 rings (SSSR count). The van der Waals surface area contributed by atoms with E-state index in [-0.39, 0.29) is 5.91 Å². The van der Waals surface area contributed by atoms with Gasteiger partial charge < -0.3 is 9.42 Å². The first kappa shape index (κ1) is 18.6. The average molecular weight is 394 g/mol. The summed E-state index contributed by atoms with van der Waals surface area (Å²) in [5.74, 6) is 1.70. The van der Waals surface area contributed by atoms with Gasteiger partial charge in [0.05, 0.1) is 0 Å². The van der Waals surface area contributed by atoms with Crippen molar-refractivity contribution in [2.45, 2.75) is 26.2 Å². The average Bonchev–Trinajstić information content (AvgIpc) is 3.39. The number of thiophene rings is 1. The van der Waals surface area contributed by atoms with Crippen LogP contribution in [0.25, 0.3) is 17.5 Å². The van der Waals surface area contributed by atoms with E-state index in [9.17, 15) is 4.79 Å². The van der Waals surface area contributed by atoms with E-state index in [1.807, 2.05) is 59.7 Å². The van der Waals surface area contributed by atoms with Crippen LogP contribution in [0.5, 0.6) is 0 Å². The van der Waals surface area contributed by atoms with Gasteiger partial charge in [0.2, 0.25) is 17.6 Å². The molecule has 1 amide bonds. The number of aromatic nitrogens is 2. The Morgan fingerprint density at radius 2 is 2.21 bits per heavy atom. The van der Waals surface area contributed by atoms with E-state index >= 15 is 0 Å². The highest BCUT2D eigenvalue weighted by Crippen LogP contribution is 2.24. The summed E-state index contributed by atoms with van der Waals surface area (Å²) in [5, 5.41) is 6.16. The quantitative estimate of drug-likeness (QED) is 0.595. The zero-order chi connectivity index (χ0) is 19.3. The molecule has 1 fully saturated rings. The minimum atomic E-state index is 0.0734. The number of hydrogen-bond donors (Lipinski definition) is 0. The van der Waals surface area contributed by atoms with Crippen LogP contribution in [0.4, 0.5) is 0 Å². The lowest BCUT2D eigenvalue weighted by atomic mass is 9.94. The number of aryl methyl sites for hydroxylation is 1. The Hall–Kier alpha value is -2.73. The summed E-state index contributed by atoms with van der Waals surface area (Å²) in [6.07, 6.45) is 6.35. The summed E-state index contributed by atoms with van der Waals surface area (Å²) < 4.78 is 5.49. The molecule has 6 heteroatoms. The van der Waals surface area contributed by atoms with Crippen LogP contribution < -0.4 is 0 Å². The second kappa shape index (κ2) is 8.52. The molecular formula is C22H23N3O2S. The zero-order valence-electron chi connectivity index (χ0n) is 15.9. The Balaban J connectivity index is 1.38. The molecule has 0 unspecified atom stereocenters. The molecule has 0 saturated carbocycles. The molecule has 1 atom stereocenters. The first-order valence-electron chi connectivity index (χ1n) is 9.58. The molecular weight excluding hydrogens is 370 g/mol. The largest absolute Gasteiger partial charge is 0.339 e. The molecule has 1 saturated heterocycles. The molecule has 0 bridgehead atoms. The predicted octanol–water partition coefficient (Wildman–Crippen LogP) is 4.60. The number of carbonyl (C=O) groups excluding carboxylic acids is 1. The van der Waals surface area contributed by atoms with Crippen molar-refractivity contribution in [3.05, 3.63) is 64.2 Å². The summed E-state index contributed by atoms with van der Waals surface area (Å²) in [5.41, 5.74) is 2.12. The van der Waals surface area contributed by atoms with Crippen LogP contribution in [0.2, 0.25) is 0 Å². The van der Waals surface area contributed by atoms with Crippen molar-refractivity contribution in [3.63, 3.8) is 0 Å². The summed E-state index contributed by atoms with van der Waals surface area (Å²) in [7, 11) is 0. The highest BCUT2D eigenvalue weighted by Gasteiger charge is 2.24. The Morgan fingerprint density at radius 1 is 1.32 bits per heavy atom. The van der Waals surface area contributed by atoms with Gasteiger partial charge in [0.25, 0.3) is 0 Å². The lowest BCUT2D eigenvalue weighted by Crippen LogP contribution is -2.39. The molecule has 2 aromatic heterocycles. The Kier molecular flexibility index (Phi) is 5.67. The maximum absolute atomic E-state index is 12.5. The number of carbonyl (C=O) groups is 1. The number of benzene rings is 1. The van der Waals surface area contributed by atoms with Gasteiger partial charge in [0, 0.05) is 36.0 Å². The van der Waals surface area contributed by atoms with Crippen LogP contribution in [0.15, 0.2) is 52.4 Å². The maximum Gasteiger partial charge on any atom is 0.246 e. The van der Waals surface area contributed by atoms with Crippen molar-refractivity contribution < 1.29 is 9.32 Å². The number of amides is 1. The SMILES string of the molecule is Cc1ccccc1-c1noc(C[C@@H]2CCCN(C(=O)/C=C\c3cccs3)C2)n1. The van der Waals surface area contributed by atoms with Gasteiger partial charge in [-0.2, -0.15) is 4.98 Å². The Morgan fingerprint density at radius 3 is 3.04 bits per heavy atom. The van der Waals surface area contributed by atoms with Gasteiger partial charge in [-0.1, -0.05) is 35.5 Å². The topological polar surface area (TPSA) is 59.2 Å². The van der Waals surface area contributed by atoms with Gasteiger partial charge in [-0.15, -0.1) is 11.3 Å². The molecule has 1 aliphatic rings. The predicted molar refractivity (Wildman–Crippen MR) is 111 cm³/mol. The Bertz CT molecular complexity index is 962. The fraction of sp³-hybridized carbons (Fsp3) is 0.318. The van der Waals surface area contributed by atoms with Crippen molar-refractivity contribution >= 4 is 23.3 Å². The summed E-state index contributed by atoms with van der Waals surface area (Å²) >= 11 is 1.63. The van der Waals surface area contributed by atoms with E-state index in [1.54, 1.807) is 17.4 Å². The molecule has 1 aliphatic heterocycles. The van der Waals surface area contributed by atoms with Crippen molar-refractivity contribution in [2.24, 2.45) is 5.92 Å². The second-order valence-corrected chi connectivity index (χ2v) is 8.15. The lowest BCUT2D eigenvalue weighted by Gasteiger charge is -2.31.